The molecule has 25 heavy (non-hydrogen) atoms. The van der Waals surface area contributed by atoms with Gasteiger partial charge in [0.05, 0.1) is 0 Å². The maximum atomic E-state index is 5.00. The summed E-state index contributed by atoms with van der Waals surface area (Å²) >= 11 is 14.4. The van der Waals surface area contributed by atoms with Crippen molar-refractivity contribution < 1.29 is 2.97 Å². The maximum absolute atomic E-state index is 5.00. The van der Waals surface area contributed by atoms with Gasteiger partial charge in [0.2, 0.25) is 0 Å². The van der Waals surface area contributed by atoms with Crippen LogP contribution in [0.3, 0.4) is 0 Å². The normalized spacial score (nSPS) is 9.92. The van der Waals surface area contributed by atoms with E-state index in [-0.39, 0.29) is 7.43 Å². The van der Waals surface area contributed by atoms with Crippen molar-refractivity contribution in [3.8, 4) is 0 Å². The third-order valence-corrected chi connectivity index (χ3v) is 6.77. The summed E-state index contributed by atoms with van der Waals surface area (Å²) in [5.41, 5.74) is 0. The van der Waals surface area contributed by atoms with Crippen LogP contribution in [0.2, 0.25) is 0 Å². The molecule has 0 radical (unpaired) electrons. The van der Waals surface area contributed by atoms with Crippen LogP contribution in [0.4, 0.5) is 0 Å². The summed E-state index contributed by atoms with van der Waals surface area (Å²) in [7, 11) is 3.52. The average molecular weight is 585 g/mol. The number of thiol groups is 1. The molecule has 0 N–H and O–H groups in total. The van der Waals surface area contributed by atoms with Crippen LogP contribution in [0.25, 0.3) is 0 Å². The average Bonchev–Trinajstić information content (AvgIpc) is 2.62. The number of hydrogen-bond donors (Lipinski definition) is 1. The minimum atomic E-state index is 0. The van der Waals surface area contributed by atoms with E-state index in [1.165, 1.54) is 9.79 Å². The quantitative estimate of drug-likeness (QED) is 0.240. The molecule has 0 unspecified atom stereocenters. The van der Waals surface area contributed by atoms with Gasteiger partial charge in [-0.1, -0.05) is 95.0 Å². The van der Waals surface area contributed by atoms with Crippen molar-refractivity contribution in [2.24, 2.45) is 0 Å². The number of halogens is 3. The van der Waals surface area contributed by atoms with Crippen LogP contribution in [-0.2, 0) is 0 Å². The van der Waals surface area contributed by atoms with Gasteiger partial charge in [0.25, 0.3) is 0 Å². The summed E-state index contributed by atoms with van der Waals surface area (Å²) in [5.74, 6) is 0. The van der Waals surface area contributed by atoms with Crippen LogP contribution in [-0.4, -0.2) is 0 Å². The number of benzene rings is 3. The van der Waals surface area contributed by atoms with Crippen LogP contribution in [0.5, 0.6) is 0 Å². The van der Waals surface area contributed by atoms with E-state index in [1.54, 1.807) is 21.6 Å². The maximum Gasteiger partial charge on any atom is 0.0197 e. The predicted octanol–water partition coefficient (Wildman–Crippen LogP) is 9.63. The van der Waals surface area contributed by atoms with E-state index in [4.69, 9.17) is 2.97 Å². The first-order chi connectivity index (χ1) is 12.5. The Balaban J connectivity index is 0.000000522. The molecule has 0 aliphatic heterocycles. The van der Waals surface area contributed by atoms with Crippen molar-refractivity contribution in [1.82, 2.24) is 0 Å². The fraction of sp³-hybridized carbons (Fsp3) is 0.0526. The molecule has 0 atom stereocenters. The molecule has 0 heterocycles. The molecule has 0 aromatic heterocycles. The fourth-order valence-corrected chi connectivity index (χ4v) is 5.52. The van der Waals surface area contributed by atoms with Gasteiger partial charge in [0.1, 0.15) is 0 Å². The summed E-state index contributed by atoms with van der Waals surface area (Å²) in [6, 6.07) is 24.4. The van der Waals surface area contributed by atoms with E-state index in [9.17, 15) is 0 Å². The zero-order chi connectivity index (χ0) is 19.4. The molecule has 134 valence electrons. The van der Waals surface area contributed by atoms with Crippen molar-refractivity contribution >= 4 is 82.0 Å². The molecule has 0 aliphatic carbocycles. The third-order valence-electron chi connectivity index (χ3n) is 2.63. The summed E-state index contributed by atoms with van der Waals surface area (Å²) in [6.45, 7) is 0. The lowest BCUT2D eigenvalue weighted by Gasteiger charge is -2.02. The fourth-order valence-electron chi connectivity index (χ4n) is 1.61. The Morgan fingerprint density at radius 1 is 0.680 bits per heavy atom. The number of hydrogen-bond acceptors (Lipinski definition) is 3. The smallest absolute Gasteiger partial charge is 0.0197 e. The van der Waals surface area contributed by atoms with E-state index >= 15 is 0 Å². The minimum Gasteiger partial charge on any atom is -0.143 e. The Bertz CT molecular complexity index is 742. The molecule has 3 rings (SSSR count). The summed E-state index contributed by atoms with van der Waals surface area (Å²) in [6.07, 6.45) is 0. The molecule has 0 amide bonds. The molecule has 0 nitrogen and oxygen atoms in total. The van der Waals surface area contributed by atoms with Gasteiger partial charge in [0.15, 0.2) is 0 Å². The van der Waals surface area contributed by atoms with Crippen molar-refractivity contribution in [3.63, 3.8) is 0 Å². The summed E-state index contributed by atoms with van der Waals surface area (Å²) < 4.78 is 13.3. The van der Waals surface area contributed by atoms with E-state index in [2.05, 4.69) is 84.7 Å². The second-order valence-corrected chi connectivity index (χ2v) is 10.1. The highest BCUT2D eigenvalue weighted by atomic mass is 79.9. The van der Waals surface area contributed by atoms with Crippen LogP contribution in [0, 0.1) is 0 Å². The highest BCUT2D eigenvalue weighted by molar-refractivity contribution is 9.11. The topological polar surface area (TPSA) is 0 Å². The lowest BCUT2D eigenvalue weighted by molar-refractivity contribution is 1.44. The third kappa shape index (κ3) is 9.59. The molecule has 0 saturated heterocycles. The molecular formula is C19H19Br3S3. The summed E-state index contributed by atoms with van der Waals surface area (Å²) in [4.78, 5) is 3.48. The lowest BCUT2D eigenvalue weighted by atomic mass is 10.4. The Morgan fingerprint density at radius 3 is 1.40 bits per heavy atom. The predicted molar refractivity (Wildman–Crippen MR) is 130 cm³/mol. The van der Waals surface area contributed by atoms with Gasteiger partial charge in [-0.25, -0.2) is 0 Å². The van der Waals surface area contributed by atoms with Crippen LogP contribution in [0.1, 0.15) is 10.4 Å². The van der Waals surface area contributed by atoms with Crippen molar-refractivity contribution in [3.05, 3.63) is 86.2 Å². The molecule has 0 bridgehead atoms. The van der Waals surface area contributed by atoms with Crippen LogP contribution >= 0.6 is 82.0 Å². The first kappa shape index (κ1) is 21.5. The molecule has 3 aromatic carbocycles. The molecular weight excluding hydrogens is 564 g/mol. The molecule has 3 aromatic rings. The first-order valence-corrected chi connectivity index (χ1v) is 11.8. The lowest BCUT2D eigenvalue weighted by Crippen LogP contribution is -1.70. The van der Waals surface area contributed by atoms with Gasteiger partial charge in [-0.15, -0.1) is 12.6 Å². The van der Waals surface area contributed by atoms with Gasteiger partial charge >= 0.3 is 0 Å². The van der Waals surface area contributed by atoms with Crippen LogP contribution in [0.15, 0.2) is 101 Å². The van der Waals surface area contributed by atoms with E-state index in [0.29, 0.717) is 0 Å². The van der Waals surface area contributed by atoms with Crippen molar-refractivity contribution in [1.29, 1.82) is 0 Å². The molecule has 0 saturated carbocycles. The van der Waals surface area contributed by atoms with E-state index < -0.39 is 0 Å². The van der Waals surface area contributed by atoms with Crippen molar-refractivity contribution in [2.75, 3.05) is 0 Å². The summed E-state index contributed by atoms with van der Waals surface area (Å²) in [5, 5.41) is 0. The van der Waals surface area contributed by atoms with Gasteiger partial charge in [-0.3, -0.25) is 0 Å². The highest BCUT2D eigenvalue weighted by Gasteiger charge is 1.98. The molecule has 0 aliphatic rings. The largest absolute Gasteiger partial charge is 0.143 e. The molecule has 0 fully saturated rings. The zero-order valence-corrected chi connectivity index (χ0v) is 19.6. The van der Waals surface area contributed by atoms with Gasteiger partial charge in [-0.05, 0) is 54.6 Å². The van der Waals surface area contributed by atoms with E-state index in [0.717, 1.165) is 18.3 Å². The SMILES string of the molecule is Brc1cccc(SSc2cccc(Br)c2)c1.C.Sc1cccc(Br)c1.[2H][2H]. The number of rotatable bonds is 3. The Morgan fingerprint density at radius 2 is 1.08 bits per heavy atom. The van der Waals surface area contributed by atoms with Crippen molar-refractivity contribution in [2.45, 2.75) is 22.1 Å². The standard InChI is InChI=1S/C12H8Br2S2.C6H5BrS.CH4.H2/c13-9-3-1-5-11(7-9)15-16-12-6-2-4-10(14)8-12;7-5-2-1-3-6(8)4-5;;/h1-8H;1-4,8H;1H4;1H/i;;;1+1D. The van der Waals surface area contributed by atoms with E-state index in [1.807, 2.05) is 48.5 Å². The Hall–Kier alpha value is 0.150. The monoisotopic (exact) mass is 582 g/mol. The van der Waals surface area contributed by atoms with Crippen LogP contribution < -0.4 is 0 Å². The van der Waals surface area contributed by atoms with Gasteiger partial charge in [-0.2, -0.15) is 0 Å². The molecule has 0 spiro atoms. The minimum absolute atomic E-state index is 0. The first-order valence-electron chi connectivity index (χ1n) is 7.83. The second-order valence-electron chi connectivity index (χ2n) is 4.56. The second kappa shape index (κ2) is 12.5. The zero-order valence-electron chi connectivity index (χ0n) is 14.3. The van der Waals surface area contributed by atoms with Gasteiger partial charge in [0, 0.05) is 31.1 Å². The molecule has 6 heteroatoms. The Kier molecular flexibility index (Phi) is 10.7. The Labute approximate surface area is 191 Å². The highest BCUT2D eigenvalue weighted by Crippen LogP contribution is 2.38. The van der Waals surface area contributed by atoms with Gasteiger partial charge < -0.3 is 0 Å².